The minimum absolute atomic E-state index is 0.658. The zero-order valence-corrected chi connectivity index (χ0v) is 17.6. The summed E-state index contributed by atoms with van der Waals surface area (Å²) >= 11 is 0. The van der Waals surface area contributed by atoms with E-state index in [2.05, 4.69) is 64.4 Å². The van der Waals surface area contributed by atoms with E-state index in [1.165, 1.54) is 41.9 Å². The van der Waals surface area contributed by atoms with Gasteiger partial charge >= 0.3 is 0 Å². The van der Waals surface area contributed by atoms with E-state index in [1.807, 2.05) is 15.6 Å². The number of amides is 1. The van der Waals surface area contributed by atoms with Crippen LogP contribution in [0, 0.1) is 0 Å². The van der Waals surface area contributed by atoms with Gasteiger partial charge in [-0.15, -0.1) is 0 Å². The predicted molar refractivity (Wildman–Crippen MR) is 120 cm³/mol. The number of likely N-dealkylation sites (N-methyl/N-ethyl adjacent to an activating group) is 1. The van der Waals surface area contributed by atoms with E-state index in [4.69, 9.17) is 0 Å². The summed E-state index contributed by atoms with van der Waals surface area (Å²) in [7, 11) is 0. The molecule has 30 heavy (non-hydrogen) atoms. The maximum Gasteiger partial charge on any atom is 0.209 e. The smallest absolute Gasteiger partial charge is 0.209 e. The van der Waals surface area contributed by atoms with E-state index in [0.29, 0.717) is 5.92 Å². The standard InChI is InChI=1S/C24H29N5O/c1-2-26-10-8-21(16-26)19-3-5-20(6-4-19)22-15-24-23(7-9-25-29(24)17-22)28-13-11-27(18-30)12-14-28/h3-7,9,15,17-18,21H,2,8,10-14,16H2,1H3. The van der Waals surface area contributed by atoms with E-state index in [-0.39, 0.29) is 0 Å². The van der Waals surface area contributed by atoms with Crippen molar-refractivity contribution in [3.63, 3.8) is 0 Å². The lowest BCUT2D eigenvalue weighted by Gasteiger charge is -2.34. The Balaban J connectivity index is 1.38. The number of hydrogen-bond donors (Lipinski definition) is 0. The molecule has 0 bridgehead atoms. The van der Waals surface area contributed by atoms with Crippen molar-refractivity contribution in [3.05, 3.63) is 54.4 Å². The molecule has 0 radical (unpaired) electrons. The van der Waals surface area contributed by atoms with Crippen molar-refractivity contribution in [2.24, 2.45) is 0 Å². The summed E-state index contributed by atoms with van der Waals surface area (Å²) in [6.45, 7) is 9.01. The number of rotatable bonds is 5. The zero-order valence-electron chi connectivity index (χ0n) is 17.6. The second-order valence-corrected chi connectivity index (χ2v) is 8.40. The molecule has 0 saturated carbocycles. The second kappa shape index (κ2) is 8.11. The first-order chi connectivity index (χ1) is 14.7. The number of carbonyl (C=O) groups is 1. The van der Waals surface area contributed by atoms with Crippen LogP contribution in [0.15, 0.2) is 48.8 Å². The van der Waals surface area contributed by atoms with Crippen LogP contribution in [0.5, 0.6) is 0 Å². The highest BCUT2D eigenvalue weighted by atomic mass is 16.1. The van der Waals surface area contributed by atoms with Gasteiger partial charge in [-0.1, -0.05) is 31.2 Å². The zero-order chi connectivity index (χ0) is 20.5. The van der Waals surface area contributed by atoms with E-state index in [0.717, 1.165) is 44.7 Å². The molecule has 1 atom stereocenters. The highest BCUT2D eigenvalue weighted by molar-refractivity contribution is 5.80. The number of piperazine rings is 1. The van der Waals surface area contributed by atoms with Gasteiger partial charge in [0.15, 0.2) is 0 Å². The van der Waals surface area contributed by atoms with Gasteiger partial charge < -0.3 is 14.7 Å². The number of hydrogen-bond acceptors (Lipinski definition) is 4. The van der Waals surface area contributed by atoms with Gasteiger partial charge in [0.1, 0.15) is 0 Å². The fraction of sp³-hybridized carbons (Fsp3) is 0.417. The Kier molecular flexibility index (Phi) is 5.17. The normalized spacial score (nSPS) is 20.2. The van der Waals surface area contributed by atoms with Crippen molar-refractivity contribution >= 4 is 17.6 Å². The summed E-state index contributed by atoms with van der Waals surface area (Å²) in [4.78, 5) is 17.7. The Bertz CT molecular complexity index is 1020. The van der Waals surface area contributed by atoms with Gasteiger partial charge in [-0.3, -0.25) is 4.79 Å². The third-order valence-corrected chi connectivity index (χ3v) is 6.73. The lowest BCUT2D eigenvalue weighted by Crippen LogP contribution is -2.45. The molecule has 0 aliphatic carbocycles. The fourth-order valence-electron chi connectivity index (χ4n) is 4.83. The Labute approximate surface area is 177 Å². The Hall–Kier alpha value is -2.86. The highest BCUT2D eigenvalue weighted by Gasteiger charge is 2.23. The highest BCUT2D eigenvalue weighted by Crippen LogP contribution is 2.31. The van der Waals surface area contributed by atoms with Crippen molar-refractivity contribution in [2.45, 2.75) is 19.3 Å². The molecule has 2 saturated heterocycles. The lowest BCUT2D eigenvalue weighted by molar-refractivity contribution is -0.118. The molecular weight excluding hydrogens is 374 g/mol. The fourth-order valence-corrected chi connectivity index (χ4v) is 4.83. The molecule has 156 valence electrons. The molecule has 0 N–H and O–H groups in total. The number of aromatic nitrogens is 2. The molecule has 1 amide bonds. The van der Waals surface area contributed by atoms with Crippen LogP contribution in [0.1, 0.15) is 24.8 Å². The third kappa shape index (κ3) is 3.56. The number of anilines is 1. The summed E-state index contributed by atoms with van der Waals surface area (Å²) in [5.74, 6) is 0.658. The molecule has 3 aromatic rings. The Morgan fingerprint density at radius 3 is 2.53 bits per heavy atom. The van der Waals surface area contributed by atoms with Crippen molar-refractivity contribution in [2.75, 3.05) is 50.7 Å². The maximum absolute atomic E-state index is 11.0. The van der Waals surface area contributed by atoms with Crippen LogP contribution >= 0.6 is 0 Å². The van der Waals surface area contributed by atoms with Crippen LogP contribution in [-0.2, 0) is 4.79 Å². The van der Waals surface area contributed by atoms with Crippen LogP contribution in [0.2, 0.25) is 0 Å². The third-order valence-electron chi connectivity index (χ3n) is 6.73. The van der Waals surface area contributed by atoms with Gasteiger partial charge in [-0.25, -0.2) is 4.52 Å². The molecule has 2 aromatic heterocycles. The largest absolute Gasteiger partial charge is 0.366 e. The average Bonchev–Trinajstić information content (AvgIpc) is 3.46. The number of nitrogens with zero attached hydrogens (tertiary/aromatic N) is 5. The van der Waals surface area contributed by atoms with Crippen LogP contribution in [0.3, 0.4) is 0 Å². The quantitative estimate of drug-likeness (QED) is 0.614. The van der Waals surface area contributed by atoms with E-state index in [9.17, 15) is 4.79 Å². The molecule has 2 aliphatic heterocycles. The van der Waals surface area contributed by atoms with Crippen LogP contribution in [0.25, 0.3) is 16.6 Å². The SMILES string of the molecule is CCN1CCC(c2ccc(-c3cc4c(N5CCN(C=O)CC5)ccnn4c3)cc2)C1. The van der Waals surface area contributed by atoms with E-state index in [1.54, 1.807) is 0 Å². The Morgan fingerprint density at radius 2 is 1.83 bits per heavy atom. The first kappa shape index (κ1) is 19.1. The topological polar surface area (TPSA) is 44.1 Å². The number of carbonyl (C=O) groups excluding carboxylic acids is 1. The van der Waals surface area contributed by atoms with Gasteiger partial charge in [0.2, 0.25) is 6.41 Å². The monoisotopic (exact) mass is 403 g/mol. The van der Waals surface area contributed by atoms with E-state index >= 15 is 0 Å². The maximum atomic E-state index is 11.0. The average molecular weight is 404 g/mol. The van der Waals surface area contributed by atoms with Crippen molar-refractivity contribution < 1.29 is 4.79 Å². The van der Waals surface area contributed by atoms with Crippen molar-refractivity contribution in [1.82, 2.24) is 19.4 Å². The molecule has 5 rings (SSSR count). The molecule has 2 aliphatic rings. The number of benzene rings is 1. The summed E-state index contributed by atoms with van der Waals surface area (Å²) in [6.07, 6.45) is 6.18. The Morgan fingerprint density at radius 1 is 1.03 bits per heavy atom. The number of fused-ring (bicyclic) bond motifs is 1. The summed E-state index contributed by atoms with van der Waals surface area (Å²) in [6, 6.07) is 13.4. The van der Waals surface area contributed by atoms with Crippen LogP contribution in [0.4, 0.5) is 5.69 Å². The van der Waals surface area contributed by atoms with Crippen molar-refractivity contribution in [3.8, 4) is 11.1 Å². The summed E-state index contributed by atoms with van der Waals surface area (Å²) in [5.41, 5.74) is 6.17. The minimum Gasteiger partial charge on any atom is -0.366 e. The summed E-state index contributed by atoms with van der Waals surface area (Å²) in [5, 5.41) is 4.53. The lowest BCUT2D eigenvalue weighted by atomic mass is 9.96. The minimum atomic E-state index is 0.658. The second-order valence-electron chi connectivity index (χ2n) is 8.40. The molecule has 4 heterocycles. The first-order valence-corrected chi connectivity index (χ1v) is 11.0. The predicted octanol–water partition coefficient (Wildman–Crippen LogP) is 3.09. The molecular formula is C24H29N5O. The molecule has 6 heteroatoms. The van der Waals surface area contributed by atoms with Crippen molar-refractivity contribution in [1.29, 1.82) is 0 Å². The molecule has 6 nitrogen and oxygen atoms in total. The summed E-state index contributed by atoms with van der Waals surface area (Å²) < 4.78 is 1.97. The van der Waals surface area contributed by atoms with Gasteiger partial charge in [0.25, 0.3) is 0 Å². The molecule has 0 spiro atoms. The van der Waals surface area contributed by atoms with Gasteiger partial charge in [0.05, 0.1) is 11.2 Å². The molecule has 1 unspecified atom stereocenters. The van der Waals surface area contributed by atoms with Gasteiger partial charge in [-0.05, 0) is 48.7 Å². The van der Waals surface area contributed by atoms with E-state index < -0.39 is 0 Å². The molecule has 2 fully saturated rings. The first-order valence-electron chi connectivity index (χ1n) is 11.0. The van der Waals surface area contributed by atoms with Crippen LogP contribution < -0.4 is 4.90 Å². The van der Waals surface area contributed by atoms with Crippen LogP contribution in [-0.4, -0.2) is 71.6 Å². The number of likely N-dealkylation sites (tertiary alicyclic amines) is 1. The van der Waals surface area contributed by atoms with Gasteiger partial charge in [0, 0.05) is 50.7 Å². The van der Waals surface area contributed by atoms with Gasteiger partial charge in [-0.2, -0.15) is 5.10 Å². The molecule has 1 aromatic carbocycles.